The van der Waals surface area contributed by atoms with Gasteiger partial charge in [0.2, 0.25) is 11.8 Å². The molecule has 0 aliphatic heterocycles. The number of likely N-dealkylation sites (N-methyl/N-ethyl adjacent to an activating group) is 1. The third-order valence-corrected chi connectivity index (χ3v) is 8.64. The number of H-pyrrole nitrogens is 1. The first-order valence-corrected chi connectivity index (χ1v) is 15.1. The van der Waals surface area contributed by atoms with Gasteiger partial charge >= 0.3 is 7.60 Å². The van der Waals surface area contributed by atoms with Crippen LogP contribution in [0.1, 0.15) is 31.9 Å². The Labute approximate surface area is 245 Å². The van der Waals surface area contributed by atoms with Gasteiger partial charge in [-0.2, -0.15) is 0 Å². The summed E-state index contributed by atoms with van der Waals surface area (Å²) in [5, 5.41) is 12.1. The SMILES string of the molecule is CCOP(=O)(OCC)c1ccc2[nH]c(O)c(C(=Nc3ccc(N(CC(=O)N(C)C)C(C)=O)cc3)c3ccccc3)c2c1. The average molecular weight is 591 g/mol. The van der Waals surface area contributed by atoms with Gasteiger partial charge in [-0.25, -0.2) is 4.99 Å². The molecule has 0 saturated carbocycles. The molecule has 42 heavy (non-hydrogen) atoms. The lowest BCUT2D eigenvalue weighted by Crippen LogP contribution is -2.39. The molecule has 0 spiro atoms. The summed E-state index contributed by atoms with van der Waals surface area (Å²) in [6.07, 6.45) is 0. The van der Waals surface area contributed by atoms with Crippen molar-refractivity contribution in [3.63, 3.8) is 0 Å². The number of aliphatic imine (C=N–C) groups is 1. The van der Waals surface area contributed by atoms with E-state index < -0.39 is 7.60 Å². The number of aromatic nitrogens is 1. The van der Waals surface area contributed by atoms with Crippen LogP contribution in [0.3, 0.4) is 0 Å². The maximum absolute atomic E-state index is 13.5. The number of fused-ring (bicyclic) bond motifs is 1. The van der Waals surface area contributed by atoms with Crippen molar-refractivity contribution < 1.29 is 28.3 Å². The maximum Gasteiger partial charge on any atom is 0.361 e. The summed E-state index contributed by atoms with van der Waals surface area (Å²) in [6.45, 7) is 5.23. The third kappa shape index (κ3) is 6.62. The van der Waals surface area contributed by atoms with E-state index in [1.807, 2.05) is 30.3 Å². The van der Waals surface area contributed by atoms with Crippen LogP contribution in [0, 0.1) is 0 Å². The zero-order valence-electron chi connectivity index (χ0n) is 24.3. The predicted molar refractivity (Wildman–Crippen MR) is 165 cm³/mol. The van der Waals surface area contributed by atoms with Crippen LogP contribution >= 0.6 is 7.60 Å². The number of aromatic hydroxyl groups is 1. The van der Waals surface area contributed by atoms with E-state index in [-0.39, 0.29) is 37.5 Å². The van der Waals surface area contributed by atoms with E-state index >= 15 is 0 Å². The molecule has 0 unspecified atom stereocenters. The lowest BCUT2D eigenvalue weighted by Gasteiger charge is -2.22. The van der Waals surface area contributed by atoms with Crippen molar-refractivity contribution >= 4 is 52.7 Å². The largest absolute Gasteiger partial charge is 0.494 e. The van der Waals surface area contributed by atoms with Crippen molar-refractivity contribution in [1.82, 2.24) is 9.88 Å². The third-order valence-electron chi connectivity index (χ3n) is 6.54. The molecule has 220 valence electrons. The molecule has 11 heteroatoms. The van der Waals surface area contributed by atoms with Crippen LogP contribution in [0.4, 0.5) is 11.4 Å². The van der Waals surface area contributed by atoms with Gasteiger partial charge in [0.05, 0.1) is 35.5 Å². The molecule has 1 heterocycles. The monoisotopic (exact) mass is 590 g/mol. The number of anilines is 1. The number of benzene rings is 3. The molecule has 3 aromatic carbocycles. The van der Waals surface area contributed by atoms with Gasteiger partial charge in [-0.3, -0.25) is 14.2 Å². The highest BCUT2D eigenvalue weighted by molar-refractivity contribution is 7.62. The Hall–Kier alpha value is -4.24. The topological polar surface area (TPSA) is 125 Å². The van der Waals surface area contributed by atoms with E-state index in [9.17, 15) is 19.3 Å². The van der Waals surface area contributed by atoms with Crippen LogP contribution in [0.15, 0.2) is 77.8 Å². The summed E-state index contributed by atoms with van der Waals surface area (Å²) in [6, 6.07) is 21.4. The summed E-state index contributed by atoms with van der Waals surface area (Å²) in [5.41, 5.74) is 3.36. The fourth-order valence-electron chi connectivity index (χ4n) is 4.46. The van der Waals surface area contributed by atoms with Gasteiger partial charge in [0.25, 0.3) is 0 Å². The van der Waals surface area contributed by atoms with Gasteiger partial charge in [-0.1, -0.05) is 30.3 Å². The number of rotatable bonds is 11. The van der Waals surface area contributed by atoms with Gasteiger partial charge in [0.15, 0.2) is 5.88 Å². The molecule has 2 amide bonds. The highest BCUT2D eigenvalue weighted by Crippen LogP contribution is 2.47. The Morgan fingerprint density at radius 1 is 0.952 bits per heavy atom. The highest BCUT2D eigenvalue weighted by Gasteiger charge is 2.29. The zero-order chi connectivity index (χ0) is 30.4. The molecule has 2 N–H and O–H groups in total. The molecule has 0 bridgehead atoms. The second-order valence-electron chi connectivity index (χ2n) is 9.65. The molecule has 0 fully saturated rings. The Balaban J connectivity index is 1.84. The van der Waals surface area contributed by atoms with Gasteiger partial charge < -0.3 is 28.9 Å². The molecule has 0 atom stereocenters. The molecule has 4 aromatic rings. The number of nitrogens with zero attached hydrogens (tertiary/aromatic N) is 3. The summed E-state index contributed by atoms with van der Waals surface area (Å²) in [4.78, 5) is 35.3. The molecule has 0 radical (unpaired) electrons. The van der Waals surface area contributed by atoms with E-state index in [0.717, 1.165) is 5.56 Å². The molecule has 1 aromatic heterocycles. The van der Waals surface area contributed by atoms with E-state index in [2.05, 4.69) is 4.98 Å². The molecule has 0 aliphatic carbocycles. The Morgan fingerprint density at radius 3 is 2.17 bits per heavy atom. The minimum absolute atomic E-state index is 0.0842. The fraction of sp³-hybridized carbons (Fsp3) is 0.258. The van der Waals surface area contributed by atoms with Crippen molar-refractivity contribution in [2.75, 3.05) is 38.8 Å². The first kappa shape index (κ1) is 30.7. The van der Waals surface area contributed by atoms with E-state index in [1.165, 1.54) is 16.7 Å². The van der Waals surface area contributed by atoms with Gasteiger partial charge in [-0.15, -0.1) is 0 Å². The summed E-state index contributed by atoms with van der Waals surface area (Å²) >= 11 is 0. The van der Waals surface area contributed by atoms with E-state index in [0.29, 0.717) is 38.9 Å². The summed E-state index contributed by atoms with van der Waals surface area (Å²) in [5.74, 6) is -0.567. The maximum atomic E-state index is 13.5. The van der Waals surface area contributed by atoms with Crippen molar-refractivity contribution in [3.8, 4) is 5.88 Å². The van der Waals surface area contributed by atoms with Crippen LogP contribution in [0.25, 0.3) is 10.9 Å². The second kappa shape index (κ2) is 13.2. The Bertz CT molecular complexity index is 1640. The molecular formula is C31H35N4O6P. The van der Waals surface area contributed by atoms with Crippen molar-refractivity contribution in [2.24, 2.45) is 4.99 Å². The number of hydrogen-bond acceptors (Lipinski definition) is 7. The minimum Gasteiger partial charge on any atom is -0.494 e. The highest BCUT2D eigenvalue weighted by atomic mass is 31.2. The van der Waals surface area contributed by atoms with E-state index in [1.54, 1.807) is 70.4 Å². The number of aromatic amines is 1. The molecule has 10 nitrogen and oxygen atoms in total. The van der Waals surface area contributed by atoms with Crippen molar-refractivity contribution in [1.29, 1.82) is 0 Å². The van der Waals surface area contributed by atoms with Gasteiger partial charge in [-0.05, 0) is 56.3 Å². The quantitative estimate of drug-likeness (QED) is 0.179. The molecular weight excluding hydrogens is 555 g/mol. The predicted octanol–water partition coefficient (Wildman–Crippen LogP) is 5.38. The zero-order valence-corrected chi connectivity index (χ0v) is 25.2. The minimum atomic E-state index is -3.59. The molecule has 0 saturated heterocycles. The van der Waals surface area contributed by atoms with Gasteiger partial charge in [0, 0.05) is 43.2 Å². The summed E-state index contributed by atoms with van der Waals surface area (Å²) in [7, 11) is -0.314. The number of nitrogens with one attached hydrogen (secondary N) is 1. The van der Waals surface area contributed by atoms with Crippen LogP contribution in [0.2, 0.25) is 0 Å². The summed E-state index contributed by atoms with van der Waals surface area (Å²) < 4.78 is 24.7. The Kier molecular flexibility index (Phi) is 9.63. The van der Waals surface area contributed by atoms with Crippen molar-refractivity contribution in [3.05, 3.63) is 83.9 Å². The fourth-order valence-corrected chi connectivity index (χ4v) is 6.06. The van der Waals surface area contributed by atoms with Gasteiger partial charge in [0.1, 0.15) is 6.54 Å². The van der Waals surface area contributed by atoms with Crippen LogP contribution in [-0.2, 0) is 23.2 Å². The van der Waals surface area contributed by atoms with E-state index in [4.69, 9.17) is 14.0 Å². The van der Waals surface area contributed by atoms with Crippen LogP contribution in [0.5, 0.6) is 5.88 Å². The number of carbonyl (C=O) groups excluding carboxylic acids is 2. The normalized spacial score (nSPS) is 12.0. The number of amides is 2. The van der Waals surface area contributed by atoms with Crippen LogP contribution in [-0.4, -0.2) is 66.4 Å². The average Bonchev–Trinajstić information content (AvgIpc) is 3.30. The first-order valence-electron chi connectivity index (χ1n) is 13.5. The number of carbonyl (C=O) groups is 2. The molecule has 4 rings (SSSR count). The smallest absolute Gasteiger partial charge is 0.361 e. The first-order chi connectivity index (χ1) is 20.1. The standard InChI is InChI=1S/C31H35N4O6P/c1-6-40-42(39,41-7-2)25-17-18-27-26(19-25)29(31(38)33-27)30(22-11-9-8-10-12-22)32-23-13-15-24(16-14-23)35(21(3)36)20-28(37)34(4)5/h8-19,33,38H,6-7,20H2,1-5H3. The Morgan fingerprint density at radius 2 is 1.60 bits per heavy atom. The lowest BCUT2D eigenvalue weighted by atomic mass is 10.0. The second-order valence-corrected chi connectivity index (χ2v) is 11.7. The lowest BCUT2D eigenvalue weighted by molar-refractivity contribution is -0.129. The van der Waals surface area contributed by atoms with Crippen LogP contribution < -0.4 is 10.2 Å². The molecule has 0 aliphatic rings. The number of hydrogen-bond donors (Lipinski definition) is 2. The van der Waals surface area contributed by atoms with Crippen molar-refractivity contribution in [2.45, 2.75) is 20.8 Å².